The molecule has 2 aliphatic rings. The van der Waals surface area contributed by atoms with Gasteiger partial charge in [-0.1, -0.05) is 0 Å². The first kappa shape index (κ1) is 21.4. The molecular formula is C19H20F6N2O2. The zero-order chi connectivity index (χ0) is 21.4. The number of carbonyl (C=O) groups excluding carboxylic acids is 2. The summed E-state index contributed by atoms with van der Waals surface area (Å²) >= 11 is 0. The molecular weight excluding hydrogens is 402 g/mol. The van der Waals surface area contributed by atoms with Crippen LogP contribution in [0.5, 0.6) is 0 Å². The maximum atomic E-state index is 13.0. The van der Waals surface area contributed by atoms with Crippen LogP contribution in [0.1, 0.15) is 47.2 Å². The van der Waals surface area contributed by atoms with E-state index in [1.807, 2.05) is 0 Å². The number of carbonyl (C=O) groups is 2. The number of rotatable bonds is 2. The number of amides is 2. The fraction of sp³-hybridized carbons (Fsp3) is 0.579. The van der Waals surface area contributed by atoms with Gasteiger partial charge in [0.15, 0.2) is 0 Å². The molecule has 10 heteroatoms. The van der Waals surface area contributed by atoms with Crippen LogP contribution in [0.25, 0.3) is 0 Å². The number of alkyl halides is 6. The van der Waals surface area contributed by atoms with E-state index in [2.05, 4.69) is 0 Å². The minimum atomic E-state index is -5.01. The largest absolute Gasteiger partial charge is 0.416 e. The first-order chi connectivity index (χ1) is 13.5. The van der Waals surface area contributed by atoms with Crippen molar-refractivity contribution in [3.05, 3.63) is 34.9 Å². The van der Waals surface area contributed by atoms with Gasteiger partial charge in [-0.2, -0.15) is 26.3 Å². The Hall–Kier alpha value is -2.26. The normalized spacial score (nSPS) is 19.0. The molecule has 0 radical (unpaired) electrons. The number of piperidine rings is 1. The van der Waals surface area contributed by atoms with Crippen molar-refractivity contribution in [3.63, 3.8) is 0 Å². The average molecular weight is 422 g/mol. The summed E-state index contributed by atoms with van der Waals surface area (Å²) < 4.78 is 78.0. The number of benzene rings is 1. The lowest BCUT2D eigenvalue weighted by atomic mass is 9.94. The van der Waals surface area contributed by atoms with Gasteiger partial charge >= 0.3 is 12.4 Å². The van der Waals surface area contributed by atoms with Gasteiger partial charge in [-0.05, 0) is 43.9 Å². The standard InChI is InChI=1S/C19H20F6N2O2/c20-18(21,22)14-9-13(10-15(11-14)19(23,24)25)17(29)27-7-3-12(4-8-27)16(28)26-5-1-2-6-26/h9-12H,1-8H2. The summed E-state index contributed by atoms with van der Waals surface area (Å²) in [4.78, 5) is 28.0. The molecule has 0 N–H and O–H groups in total. The summed E-state index contributed by atoms with van der Waals surface area (Å²) in [6.07, 6.45) is -7.45. The lowest BCUT2D eigenvalue weighted by Crippen LogP contribution is -2.43. The van der Waals surface area contributed by atoms with Crippen LogP contribution >= 0.6 is 0 Å². The predicted octanol–water partition coefficient (Wildman–Crippen LogP) is 4.20. The smallest absolute Gasteiger partial charge is 0.342 e. The molecule has 1 aromatic carbocycles. The van der Waals surface area contributed by atoms with Crippen molar-refractivity contribution < 1.29 is 35.9 Å². The molecule has 0 bridgehead atoms. The van der Waals surface area contributed by atoms with Gasteiger partial charge in [0.2, 0.25) is 5.91 Å². The Morgan fingerprint density at radius 1 is 0.759 bits per heavy atom. The van der Waals surface area contributed by atoms with E-state index in [0.29, 0.717) is 38.1 Å². The van der Waals surface area contributed by atoms with Crippen LogP contribution in [0.4, 0.5) is 26.3 Å². The number of hydrogen-bond acceptors (Lipinski definition) is 2. The third kappa shape index (κ3) is 4.84. The molecule has 2 amide bonds. The Morgan fingerprint density at radius 2 is 1.24 bits per heavy atom. The number of likely N-dealkylation sites (tertiary alicyclic amines) is 2. The van der Waals surface area contributed by atoms with Crippen LogP contribution in [0.3, 0.4) is 0 Å². The summed E-state index contributed by atoms with van der Waals surface area (Å²) in [7, 11) is 0. The van der Waals surface area contributed by atoms with Crippen LogP contribution < -0.4 is 0 Å². The molecule has 0 atom stereocenters. The van der Waals surface area contributed by atoms with Crippen molar-refractivity contribution in [2.45, 2.75) is 38.0 Å². The van der Waals surface area contributed by atoms with Crippen LogP contribution in [0.2, 0.25) is 0 Å². The monoisotopic (exact) mass is 422 g/mol. The van der Waals surface area contributed by atoms with E-state index < -0.39 is 35.0 Å². The summed E-state index contributed by atoms with van der Waals surface area (Å²) in [6.45, 7) is 1.62. The molecule has 0 aromatic heterocycles. The lowest BCUT2D eigenvalue weighted by Gasteiger charge is -2.33. The van der Waals surface area contributed by atoms with Gasteiger partial charge in [-0.3, -0.25) is 9.59 Å². The summed E-state index contributed by atoms with van der Waals surface area (Å²) in [5, 5.41) is 0. The summed E-state index contributed by atoms with van der Waals surface area (Å²) in [5.41, 5.74) is -3.69. The second-order valence-electron chi connectivity index (χ2n) is 7.39. The van der Waals surface area contributed by atoms with Crippen LogP contribution in [0.15, 0.2) is 18.2 Å². The third-order valence-corrected chi connectivity index (χ3v) is 5.38. The molecule has 0 aliphatic carbocycles. The zero-order valence-corrected chi connectivity index (χ0v) is 15.4. The highest BCUT2D eigenvalue weighted by Crippen LogP contribution is 2.36. The van der Waals surface area contributed by atoms with Gasteiger partial charge < -0.3 is 9.80 Å². The molecule has 160 valence electrons. The molecule has 2 heterocycles. The van der Waals surface area contributed by atoms with Gasteiger partial charge in [-0.15, -0.1) is 0 Å². The van der Waals surface area contributed by atoms with Crippen LogP contribution in [0, 0.1) is 5.92 Å². The quantitative estimate of drug-likeness (QED) is 0.671. The van der Waals surface area contributed by atoms with Crippen molar-refractivity contribution in [3.8, 4) is 0 Å². The molecule has 0 unspecified atom stereocenters. The summed E-state index contributed by atoms with van der Waals surface area (Å²) in [5.74, 6) is -1.16. The molecule has 2 saturated heterocycles. The minimum Gasteiger partial charge on any atom is -0.342 e. The molecule has 2 aliphatic heterocycles. The first-order valence-electron chi connectivity index (χ1n) is 9.34. The highest BCUT2D eigenvalue weighted by atomic mass is 19.4. The van der Waals surface area contributed by atoms with Crippen LogP contribution in [-0.2, 0) is 17.1 Å². The lowest BCUT2D eigenvalue weighted by molar-refractivity contribution is -0.143. The maximum Gasteiger partial charge on any atom is 0.416 e. The van der Waals surface area contributed by atoms with Gasteiger partial charge in [0, 0.05) is 37.7 Å². The van der Waals surface area contributed by atoms with E-state index in [-0.39, 0.29) is 31.0 Å². The topological polar surface area (TPSA) is 40.6 Å². The zero-order valence-electron chi connectivity index (χ0n) is 15.4. The van der Waals surface area contributed by atoms with Gasteiger partial charge in [0.1, 0.15) is 0 Å². The third-order valence-electron chi connectivity index (χ3n) is 5.38. The Kier molecular flexibility index (Phi) is 5.82. The van der Waals surface area contributed by atoms with E-state index in [1.54, 1.807) is 4.90 Å². The van der Waals surface area contributed by atoms with Crippen LogP contribution in [-0.4, -0.2) is 47.8 Å². The Bertz CT molecular complexity index is 744. The summed E-state index contributed by atoms with van der Waals surface area (Å²) in [6, 6.07) is 0.885. The fourth-order valence-electron chi connectivity index (χ4n) is 3.79. The van der Waals surface area contributed by atoms with E-state index in [9.17, 15) is 35.9 Å². The van der Waals surface area contributed by atoms with E-state index in [4.69, 9.17) is 0 Å². The van der Waals surface area contributed by atoms with E-state index in [0.717, 1.165) is 12.8 Å². The number of hydrogen-bond donors (Lipinski definition) is 0. The SMILES string of the molecule is O=C(c1cc(C(F)(F)F)cc(C(F)(F)F)c1)N1CCC(C(=O)N2CCCC2)CC1. The molecule has 0 spiro atoms. The van der Waals surface area contributed by atoms with E-state index >= 15 is 0 Å². The number of halogens is 6. The highest BCUT2D eigenvalue weighted by Gasteiger charge is 2.38. The van der Waals surface area contributed by atoms with Crippen molar-refractivity contribution in [2.24, 2.45) is 5.92 Å². The number of nitrogens with zero attached hydrogens (tertiary/aromatic N) is 2. The van der Waals surface area contributed by atoms with E-state index in [1.165, 1.54) is 4.90 Å². The Morgan fingerprint density at radius 3 is 1.69 bits per heavy atom. The van der Waals surface area contributed by atoms with Crippen molar-refractivity contribution in [1.82, 2.24) is 9.80 Å². The molecule has 0 saturated carbocycles. The van der Waals surface area contributed by atoms with Crippen molar-refractivity contribution in [2.75, 3.05) is 26.2 Å². The van der Waals surface area contributed by atoms with Gasteiger partial charge in [0.25, 0.3) is 5.91 Å². The molecule has 4 nitrogen and oxygen atoms in total. The predicted molar refractivity (Wildman–Crippen MR) is 90.9 cm³/mol. The average Bonchev–Trinajstić information content (AvgIpc) is 3.20. The molecule has 3 rings (SSSR count). The second-order valence-corrected chi connectivity index (χ2v) is 7.39. The Balaban J connectivity index is 1.74. The van der Waals surface area contributed by atoms with Crippen molar-refractivity contribution in [1.29, 1.82) is 0 Å². The van der Waals surface area contributed by atoms with Gasteiger partial charge in [0.05, 0.1) is 11.1 Å². The maximum absolute atomic E-state index is 13.0. The highest BCUT2D eigenvalue weighted by molar-refractivity contribution is 5.95. The van der Waals surface area contributed by atoms with Gasteiger partial charge in [-0.25, -0.2) is 0 Å². The molecule has 1 aromatic rings. The molecule has 2 fully saturated rings. The minimum absolute atomic E-state index is 0.00225. The fourth-order valence-corrected chi connectivity index (χ4v) is 3.79. The Labute approximate surface area is 163 Å². The second kappa shape index (κ2) is 7.87. The first-order valence-corrected chi connectivity index (χ1v) is 9.34. The van der Waals surface area contributed by atoms with Crippen molar-refractivity contribution >= 4 is 11.8 Å². The molecule has 29 heavy (non-hydrogen) atoms.